The van der Waals surface area contributed by atoms with Gasteiger partial charge in [0.2, 0.25) is 0 Å². The minimum absolute atomic E-state index is 0.0807. The van der Waals surface area contributed by atoms with Gasteiger partial charge in [0, 0.05) is 24.2 Å². The maximum absolute atomic E-state index is 9.12. The Labute approximate surface area is 145 Å². The van der Waals surface area contributed by atoms with E-state index in [-0.39, 0.29) is 6.04 Å². The molecule has 0 bridgehead atoms. The van der Waals surface area contributed by atoms with Gasteiger partial charge < -0.3 is 9.74 Å². The lowest BCUT2D eigenvalue weighted by Crippen LogP contribution is -2.27. The number of pyridine rings is 1. The van der Waals surface area contributed by atoms with Crippen LogP contribution in [0.25, 0.3) is 10.9 Å². The molecular weight excluding hydrogens is 316 g/mol. The SMILES string of the molecule is C=NO/C(=N\CC1CCCN1C#N)c1ccc2ccc(C#N)nc2c1. The van der Waals surface area contributed by atoms with Crippen molar-refractivity contribution < 1.29 is 4.84 Å². The van der Waals surface area contributed by atoms with E-state index >= 15 is 0 Å². The summed E-state index contributed by atoms with van der Waals surface area (Å²) < 4.78 is 0. The highest BCUT2D eigenvalue weighted by atomic mass is 16.6. The van der Waals surface area contributed by atoms with Gasteiger partial charge >= 0.3 is 0 Å². The molecule has 25 heavy (non-hydrogen) atoms. The quantitative estimate of drug-likeness (QED) is 0.371. The molecule has 1 aliphatic heterocycles. The molecule has 0 radical (unpaired) electrons. The van der Waals surface area contributed by atoms with Crippen molar-refractivity contribution in [1.29, 1.82) is 10.5 Å². The maximum Gasteiger partial charge on any atom is 0.251 e. The summed E-state index contributed by atoms with van der Waals surface area (Å²) in [6, 6.07) is 11.2. The van der Waals surface area contributed by atoms with Crippen LogP contribution in [0.5, 0.6) is 0 Å². The van der Waals surface area contributed by atoms with Gasteiger partial charge in [-0.2, -0.15) is 10.5 Å². The van der Waals surface area contributed by atoms with Crippen molar-refractivity contribution in [2.75, 3.05) is 13.1 Å². The largest absolute Gasteiger partial charge is 0.337 e. The van der Waals surface area contributed by atoms with E-state index in [1.165, 1.54) is 0 Å². The average Bonchev–Trinajstić information content (AvgIpc) is 3.11. The normalized spacial score (nSPS) is 17.1. The van der Waals surface area contributed by atoms with Gasteiger partial charge in [-0.25, -0.2) is 9.98 Å². The van der Waals surface area contributed by atoms with E-state index in [1.54, 1.807) is 17.0 Å². The maximum atomic E-state index is 9.12. The Balaban J connectivity index is 1.90. The molecular formula is C18H16N6O. The second kappa shape index (κ2) is 7.41. The molecule has 0 spiro atoms. The molecule has 0 aliphatic carbocycles. The van der Waals surface area contributed by atoms with E-state index in [9.17, 15) is 0 Å². The zero-order valence-corrected chi connectivity index (χ0v) is 13.6. The Morgan fingerprint density at radius 3 is 2.96 bits per heavy atom. The molecule has 0 N–H and O–H groups in total. The number of benzene rings is 1. The Morgan fingerprint density at radius 2 is 2.20 bits per heavy atom. The molecule has 3 rings (SSSR count). The molecule has 124 valence electrons. The van der Waals surface area contributed by atoms with Crippen LogP contribution in [0.3, 0.4) is 0 Å². The summed E-state index contributed by atoms with van der Waals surface area (Å²) in [7, 11) is 0. The first-order chi connectivity index (χ1) is 12.2. The fourth-order valence-electron chi connectivity index (χ4n) is 2.89. The van der Waals surface area contributed by atoms with Gasteiger partial charge in [-0.15, -0.1) is 0 Å². The molecule has 7 nitrogen and oxygen atoms in total. The van der Waals surface area contributed by atoms with Gasteiger partial charge in [-0.05, 0) is 37.1 Å². The van der Waals surface area contributed by atoms with Crippen molar-refractivity contribution in [3.8, 4) is 12.3 Å². The highest BCUT2D eigenvalue weighted by Gasteiger charge is 2.23. The first-order valence-corrected chi connectivity index (χ1v) is 7.90. The number of rotatable bonds is 4. The fraction of sp³-hybridized carbons (Fsp3) is 0.278. The third-order valence-corrected chi connectivity index (χ3v) is 4.16. The minimum atomic E-state index is 0.0807. The van der Waals surface area contributed by atoms with Crippen LogP contribution < -0.4 is 0 Å². The van der Waals surface area contributed by atoms with Crippen molar-refractivity contribution >= 4 is 23.5 Å². The van der Waals surface area contributed by atoms with E-state index in [4.69, 9.17) is 15.4 Å². The molecule has 1 aromatic carbocycles. The van der Waals surface area contributed by atoms with Crippen molar-refractivity contribution in [3.05, 3.63) is 41.6 Å². The van der Waals surface area contributed by atoms with Gasteiger partial charge in [0.05, 0.1) is 18.1 Å². The van der Waals surface area contributed by atoms with Crippen LogP contribution in [0.1, 0.15) is 24.1 Å². The molecule has 2 aromatic rings. The van der Waals surface area contributed by atoms with Crippen LogP contribution in [0, 0.1) is 22.8 Å². The Hall–Kier alpha value is -3.45. The number of likely N-dealkylation sites (tertiary alicyclic amines) is 1. The lowest BCUT2D eigenvalue weighted by atomic mass is 10.1. The van der Waals surface area contributed by atoms with E-state index in [0.29, 0.717) is 29.2 Å². The molecule has 1 aliphatic rings. The number of nitriles is 2. The van der Waals surface area contributed by atoms with Crippen LogP contribution in [0.4, 0.5) is 0 Å². The molecule has 0 saturated carbocycles. The number of hydrogen-bond acceptors (Lipinski definition) is 7. The zero-order valence-electron chi connectivity index (χ0n) is 13.6. The molecule has 0 amide bonds. The average molecular weight is 332 g/mol. The van der Waals surface area contributed by atoms with Crippen molar-refractivity contribution in [2.24, 2.45) is 10.1 Å². The third-order valence-electron chi connectivity index (χ3n) is 4.16. The van der Waals surface area contributed by atoms with Gasteiger partial charge in [0.25, 0.3) is 5.90 Å². The molecule has 1 atom stereocenters. The monoisotopic (exact) mass is 332 g/mol. The smallest absolute Gasteiger partial charge is 0.251 e. The van der Waals surface area contributed by atoms with Crippen molar-refractivity contribution in [1.82, 2.24) is 9.88 Å². The summed E-state index contributed by atoms with van der Waals surface area (Å²) in [5, 5.41) is 22.5. The number of aliphatic imine (C=N–C) groups is 1. The standard InChI is InChI=1S/C18H16N6O/c1-21-25-18(22-11-16-3-2-8-24(16)12-20)14-5-4-13-6-7-15(10-19)23-17(13)9-14/h4-7,9,16H,1-3,8,11H2/b22-18-. The topological polar surface area (TPSA) is 97.7 Å². The molecule has 2 heterocycles. The van der Waals surface area contributed by atoms with Crippen LogP contribution in [-0.4, -0.2) is 41.6 Å². The Bertz CT molecular complexity index is 908. The Kier molecular flexibility index (Phi) is 4.87. The van der Waals surface area contributed by atoms with Gasteiger partial charge in [0.15, 0.2) is 6.19 Å². The lowest BCUT2D eigenvalue weighted by molar-refractivity contribution is 0.325. The predicted molar refractivity (Wildman–Crippen MR) is 93.8 cm³/mol. The van der Waals surface area contributed by atoms with Crippen LogP contribution in [-0.2, 0) is 4.84 Å². The van der Waals surface area contributed by atoms with E-state index < -0.39 is 0 Å². The predicted octanol–water partition coefficient (Wildman–Crippen LogP) is 2.43. The minimum Gasteiger partial charge on any atom is -0.337 e. The molecule has 1 fully saturated rings. The third kappa shape index (κ3) is 3.56. The van der Waals surface area contributed by atoms with Crippen molar-refractivity contribution in [2.45, 2.75) is 18.9 Å². The highest BCUT2D eigenvalue weighted by molar-refractivity contribution is 5.97. The van der Waals surface area contributed by atoms with Crippen LogP contribution in [0.15, 0.2) is 40.5 Å². The van der Waals surface area contributed by atoms with E-state index in [1.807, 2.05) is 24.3 Å². The van der Waals surface area contributed by atoms with E-state index in [0.717, 1.165) is 24.8 Å². The number of hydrogen-bond donors (Lipinski definition) is 0. The first-order valence-electron chi connectivity index (χ1n) is 7.90. The number of oxime groups is 1. The second-order valence-electron chi connectivity index (χ2n) is 5.67. The van der Waals surface area contributed by atoms with E-state index in [2.05, 4.69) is 28.0 Å². The Morgan fingerprint density at radius 1 is 1.36 bits per heavy atom. The van der Waals surface area contributed by atoms with Gasteiger partial charge in [0.1, 0.15) is 11.8 Å². The summed E-state index contributed by atoms with van der Waals surface area (Å²) in [4.78, 5) is 15.8. The summed E-state index contributed by atoms with van der Waals surface area (Å²) in [6.45, 7) is 4.57. The van der Waals surface area contributed by atoms with Gasteiger partial charge in [-0.3, -0.25) is 0 Å². The number of nitrogens with zero attached hydrogens (tertiary/aromatic N) is 6. The summed E-state index contributed by atoms with van der Waals surface area (Å²) in [5.74, 6) is 0.325. The summed E-state index contributed by atoms with van der Waals surface area (Å²) >= 11 is 0. The van der Waals surface area contributed by atoms with Crippen molar-refractivity contribution in [3.63, 3.8) is 0 Å². The molecule has 1 saturated heterocycles. The second-order valence-corrected chi connectivity index (χ2v) is 5.67. The fourth-order valence-corrected chi connectivity index (χ4v) is 2.89. The highest BCUT2D eigenvalue weighted by Crippen LogP contribution is 2.18. The summed E-state index contributed by atoms with van der Waals surface area (Å²) in [5.41, 5.74) is 1.72. The molecule has 7 heteroatoms. The van der Waals surface area contributed by atoms with Crippen LogP contribution in [0.2, 0.25) is 0 Å². The summed E-state index contributed by atoms with van der Waals surface area (Å²) in [6.07, 6.45) is 4.11. The molecule has 1 aromatic heterocycles. The number of aromatic nitrogens is 1. The lowest BCUT2D eigenvalue weighted by Gasteiger charge is -2.16. The van der Waals surface area contributed by atoms with Gasteiger partial charge in [-0.1, -0.05) is 11.2 Å². The van der Waals surface area contributed by atoms with Crippen LogP contribution >= 0.6 is 0 Å². The zero-order chi connectivity index (χ0) is 17.6. The molecule has 1 unspecified atom stereocenters. The first kappa shape index (κ1) is 16.4. The number of fused-ring (bicyclic) bond motifs is 1.